The summed E-state index contributed by atoms with van der Waals surface area (Å²) in [6.07, 6.45) is 0. The Labute approximate surface area is 90.7 Å². The Bertz CT molecular complexity index is 395. The van der Waals surface area contributed by atoms with E-state index in [1.165, 1.54) is 12.1 Å². The Kier molecular flexibility index (Phi) is 3.27. The number of anilines is 1. The molecule has 4 N–H and O–H groups in total. The number of carboxylic acid groups (broad SMARTS) is 1. The molecule has 1 rings (SSSR count). The zero-order valence-electron chi connectivity index (χ0n) is 6.95. The summed E-state index contributed by atoms with van der Waals surface area (Å²) in [5, 5.41) is 11.6. The van der Waals surface area contributed by atoms with E-state index in [-0.39, 0.29) is 21.4 Å². The molecule has 0 amide bonds. The van der Waals surface area contributed by atoms with Gasteiger partial charge in [0, 0.05) is 0 Å². The first-order chi connectivity index (χ1) is 6.52. The number of thiocarbonyl (C=S) groups is 1. The van der Waals surface area contributed by atoms with Gasteiger partial charge in [0.25, 0.3) is 0 Å². The van der Waals surface area contributed by atoms with Gasteiger partial charge in [0.1, 0.15) is 0 Å². The summed E-state index contributed by atoms with van der Waals surface area (Å²) >= 11 is 10.4. The molecule has 4 nitrogen and oxygen atoms in total. The number of aromatic carboxylic acids is 1. The van der Waals surface area contributed by atoms with Crippen LogP contribution in [0.25, 0.3) is 0 Å². The van der Waals surface area contributed by atoms with Crippen molar-refractivity contribution in [3.8, 4) is 0 Å². The van der Waals surface area contributed by atoms with Crippen molar-refractivity contribution in [3.05, 3.63) is 28.8 Å². The number of para-hydroxylation sites is 1. The van der Waals surface area contributed by atoms with E-state index < -0.39 is 5.97 Å². The molecule has 0 heterocycles. The summed E-state index contributed by atoms with van der Waals surface area (Å²) in [5.74, 6) is -1.09. The van der Waals surface area contributed by atoms with Gasteiger partial charge in [0.15, 0.2) is 5.11 Å². The molecule has 0 fully saturated rings. The van der Waals surface area contributed by atoms with Gasteiger partial charge in [-0.2, -0.15) is 0 Å². The van der Waals surface area contributed by atoms with E-state index in [1.807, 2.05) is 0 Å². The molecule has 0 bridgehead atoms. The minimum absolute atomic E-state index is 0.0272. The number of nitrogens with one attached hydrogen (secondary N) is 1. The largest absolute Gasteiger partial charge is 0.478 e. The van der Waals surface area contributed by atoms with Crippen molar-refractivity contribution in [2.45, 2.75) is 0 Å². The van der Waals surface area contributed by atoms with E-state index in [1.54, 1.807) is 6.07 Å². The van der Waals surface area contributed by atoms with Crippen LogP contribution in [0.1, 0.15) is 10.4 Å². The average Bonchev–Trinajstić information content (AvgIpc) is 2.07. The summed E-state index contributed by atoms with van der Waals surface area (Å²) in [7, 11) is 0. The van der Waals surface area contributed by atoms with Gasteiger partial charge < -0.3 is 16.2 Å². The average molecular weight is 231 g/mol. The first-order valence-electron chi connectivity index (χ1n) is 3.60. The maximum Gasteiger partial charge on any atom is 0.337 e. The van der Waals surface area contributed by atoms with Gasteiger partial charge in [-0.3, -0.25) is 0 Å². The predicted octanol–water partition coefficient (Wildman–Crippen LogP) is 1.69. The lowest BCUT2D eigenvalue weighted by Crippen LogP contribution is -2.21. The zero-order valence-corrected chi connectivity index (χ0v) is 8.52. The number of hydrogen-bond acceptors (Lipinski definition) is 2. The number of carbonyl (C=O) groups is 1. The predicted molar refractivity (Wildman–Crippen MR) is 58.8 cm³/mol. The van der Waals surface area contributed by atoms with Crippen LogP contribution in [0.5, 0.6) is 0 Å². The molecule has 0 aliphatic heterocycles. The lowest BCUT2D eigenvalue weighted by Gasteiger charge is -2.09. The normalized spacial score (nSPS) is 9.50. The van der Waals surface area contributed by atoms with Crippen LogP contribution in [0.4, 0.5) is 5.69 Å². The van der Waals surface area contributed by atoms with Gasteiger partial charge in [-0.05, 0) is 24.4 Å². The fourth-order valence-corrected chi connectivity index (χ4v) is 1.28. The van der Waals surface area contributed by atoms with Crippen molar-refractivity contribution >= 4 is 40.6 Å². The first kappa shape index (κ1) is 10.7. The molecule has 0 radical (unpaired) electrons. The summed E-state index contributed by atoms with van der Waals surface area (Å²) in [5.41, 5.74) is 5.48. The van der Waals surface area contributed by atoms with Crippen LogP contribution >= 0.6 is 23.8 Å². The maximum absolute atomic E-state index is 10.8. The van der Waals surface area contributed by atoms with Crippen LogP contribution < -0.4 is 11.1 Å². The molecule has 1 aromatic rings. The Morgan fingerprint density at radius 1 is 1.57 bits per heavy atom. The quantitative estimate of drug-likeness (QED) is 0.675. The van der Waals surface area contributed by atoms with E-state index in [0.29, 0.717) is 0 Å². The molecular formula is C8H7ClN2O2S. The molecule has 1 aromatic carbocycles. The van der Waals surface area contributed by atoms with Gasteiger partial charge in [-0.25, -0.2) is 4.79 Å². The number of rotatable bonds is 2. The zero-order chi connectivity index (χ0) is 10.7. The second-order valence-corrected chi connectivity index (χ2v) is 3.30. The molecule has 0 saturated heterocycles. The molecule has 14 heavy (non-hydrogen) atoms. The van der Waals surface area contributed by atoms with Crippen LogP contribution in [0.15, 0.2) is 18.2 Å². The fraction of sp³-hybridized carbons (Fsp3) is 0. The Hall–Kier alpha value is -1.33. The van der Waals surface area contributed by atoms with Crippen LogP contribution in [0.3, 0.4) is 0 Å². The van der Waals surface area contributed by atoms with Crippen molar-refractivity contribution < 1.29 is 9.90 Å². The SMILES string of the molecule is NC(=S)Nc1c(Cl)cccc1C(=O)O. The third-order valence-corrected chi connectivity index (χ3v) is 1.91. The van der Waals surface area contributed by atoms with Crippen LogP contribution in [-0.2, 0) is 0 Å². The number of halogens is 1. The molecular weight excluding hydrogens is 224 g/mol. The highest BCUT2D eigenvalue weighted by Crippen LogP contribution is 2.25. The Balaban J connectivity index is 3.22. The van der Waals surface area contributed by atoms with Crippen molar-refractivity contribution in [2.75, 3.05) is 5.32 Å². The minimum Gasteiger partial charge on any atom is -0.478 e. The maximum atomic E-state index is 10.8. The summed E-state index contributed by atoms with van der Waals surface area (Å²) < 4.78 is 0. The highest BCUT2D eigenvalue weighted by molar-refractivity contribution is 7.80. The molecule has 0 unspecified atom stereocenters. The first-order valence-corrected chi connectivity index (χ1v) is 4.39. The summed E-state index contributed by atoms with van der Waals surface area (Å²) in [4.78, 5) is 10.8. The van der Waals surface area contributed by atoms with Gasteiger partial charge in [-0.15, -0.1) is 0 Å². The summed E-state index contributed by atoms with van der Waals surface area (Å²) in [6, 6.07) is 4.50. The molecule has 0 aliphatic rings. The smallest absolute Gasteiger partial charge is 0.337 e. The Morgan fingerprint density at radius 3 is 2.71 bits per heavy atom. The molecule has 74 valence electrons. The number of nitrogens with two attached hydrogens (primary N) is 1. The van der Waals surface area contributed by atoms with Crippen molar-refractivity contribution in [3.63, 3.8) is 0 Å². The molecule has 0 aromatic heterocycles. The van der Waals surface area contributed by atoms with Crippen LogP contribution in [0.2, 0.25) is 5.02 Å². The molecule has 0 spiro atoms. The highest BCUT2D eigenvalue weighted by atomic mass is 35.5. The third kappa shape index (κ3) is 2.34. The van der Waals surface area contributed by atoms with Crippen LogP contribution in [0, 0.1) is 0 Å². The third-order valence-electron chi connectivity index (χ3n) is 1.49. The van der Waals surface area contributed by atoms with Crippen LogP contribution in [-0.4, -0.2) is 16.2 Å². The lowest BCUT2D eigenvalue weighted by atomic mass is 10.2. The topological polar surface area (TPSA) is 75.3 Å². The number of carboxylic acids is 1. The van der Waals surface area contributed by atoms with E-state index in [4.69, 9.17) is 22.4 Å². The second-order valence-electron chi connectivity index (χ2n) is 2.46. The minimum atomic E-state index is -1.09. The molecule has 0 saturated carbocycles. The lowest BCUT2D eigenvalue weighted by molar-refractivity contribution is 0.0698. The number of benzene rings is 1. The fourth-order valence-electron chi connectivity index (χ4n) is 0.953. The highest BCUT2D eigenvalue weighted by Gasteiger charge is 2.12. The van der Waals surface area contributed by atoms with E-state index in [9.17, 15) is 4.79 Å². The van der Waals surface area contributed by atoms with Gasteiger partial charge >= 0.3 is 5.97 Å². The van der Waals surface area contributed by atoms with Crippen molar-refractivity contribution in [1.29, 1.82) is 0 Å². The van der Waals surface area contributed by atoms with E-state index in [0.717, 1.165) is 0 Å². The molecule has 0 aliphatic carbocycles. The monoisotopic (exact) mass is 230 g/mol. The van der Waals surface area contributed by atoms with Crippen molar-refractivity contribution in [1.82, 2.24) is 0 Å². The second kappa shape index (κ2) is 4.26. The van der Waals surface area contributed by atoms with Gasteiger partial charge in [0.2, 0.25) is 0 Å². The molecule has 0 atom stereocenters. The van der Waals surface area contributed by atoms with E-state index in [2.05, 4.69) is 17.5 Å². The van der Waals surface area contributed by atoms with Crippen molar-refractivity contribution in [2.24, 2.45) is 5.73 Å². The van der Waals surface area contributed by atoms with E-state index >= 15 is 0 Å². The standard InChI is InChI=1S/C8H7ClN2O2S/c9-5-3-1-2-4(7(12)13)6(5)11-8(10)14/h1-3H,(H,12,13)(H3,10,11,14). The van der Waals surface area contributed by atoms with Gasteiger partial charge in [-0.1, -0.05) is 17.7 Å². The Morgan fingerprint density at radius 2 is 2.21 bits per heavy atom. The molecule has 6 heteroatoms. The summed E-state index contributed by atoms with van der Waals surface area (Å²) in [6.45, 7) is 0. The van der Waals surface area contributed by atoms with Gasteiger partial charge in [0.05, 0.1) is 16.3 Å². The number of hydrogen-bond donors (Lipinski definition) is 3.